The average Bonchev–Trinajstić information content (AvgIpc) is 2.68. The molecule has 0 aliphatic carbocycles. The summed E-state index contributed by atoms with van der Waals surface area (Å²) in [5.74, 6) is 1.03. The van der Waals surface area contributed by atoms with Gasteiger partial charge in [-0.15, -0.1) is 0 Å². The summed E-state index contributed by atoms with van der Waals surface area (Å²) < 4.78 is 7.32. The Hall–Kier alpha value is -1.59. The van der Waals surface area contributed by atoms with Gasteiger partial charge in [-0.3, -0.25) is 0 Å². The van der Waals surface area contributed by atoms with Gasteiger partial charge >= 0.3 is 0 Å². The maximum atomic E-state index is 5.79. The van der Waals surface area contributed by atoms with Crippen LogP contribution in [-0.4, -0.2) is 48.3 Å². The zero-order valence-electron chi connectivity index (χ0n) is 11.9. The molecule has 1 heterocycles. The number of benzene rings is 1. The Bertz CT molecular complexity index is 550. The van der Waals surface area contributed by atoms with E-state index in [0.29, 0.717) is 0 Å². The molecular formula is C14H22N4O. The third-order valence-electron chi connectivity index (χ3n) is 3.35. The summed E-state index contributed by atoms with van der Waals surface area (Å²) in [5, 5.41) is 0. The topological polar surface area (TPSA) is 56.3 Å². The first-order chi connectivity index (χ1) is 9.11. The molecule has 2 N–H and O–H groups in total. The normalized spacial score (nSPS) is 11.6. The van der Waals surface area contributed by atoms with Gasteiger partial charge in [-0.1, -0.05) is 0 Å². The van der Waals surface area contributed by atoms with E-state index in [2.05, 4.69) is 21.5 Å². The van der Waals surface area contributed by atoms with Crippen molar-refractivity contribution in [2.75, 3.05) is 39.6 Å². The van der Waals surface area contributed by atoms with Crippen molar-refractivity contribution in [2.45, 2.75) is 13.5 Å². The molecule has 19 heavy (non-hydrogen) atoms. The van der Waals surface area contributed by atoms with Crippen molar-refractivity contribution in [1.29, 1.82) is 0 Å². The minimum Gasteiger partial charge on any atom is -0.399 e. The number of nitrogen functional groups attached to an aromatic ring is 1. The molecule has 0 spiro atoms. The number of ether oxygens (including phenoxy) is 1. The fourth-order valence-electron chi connectivity index (χ4n) is 2.18. The fourth-order valence-corrected chi connectivity index (χ4v) is 2.18. The number of nitrogens with zero attached hydrogens (tertiary/aromatic N) is 3. The van der Waals surface area contributed by atoms with Crippen LogP contribution in [0.25, 0.3) is 11.0 Å². The average molecular weight is 262 g/mol. The van der Waals surface area contributed by atoms with E-state index < -0.39 is 0 Å². The van der Waals surface area contributed by atoms with Gasteiger partial charge in [-0.25, -0.2) is 4.98 Å². The van der Waals surface area contributed by atoms with Gasteiger partial charge in [0.25, 0.3) is 0 Å². The molecule has 2 rings (SSSR count). The van der Waals surface area contributed by atoms with Crippen LogP contribution in [0.3, 0.4) is 0 Å². The van der Waals surface area contributed by atoms with Gasteiger partial charge in [0.2, 0.25) is 0 Å². The molecule has 0 saturated heterocycles. The Morgan fingerprint density at radius 1 is 1.37 bits per heavy atom. The van der Waals surface area contributed by atoms with Crippen LogP contribution in [0.15, 0.2) is 18.2 Å². The molecule has 0 aliphatic heterocycles. The number of hydrogen-bond donors (Lipinski definition) is 1. The van der Waals surface area contributed by atoms with E-state index >= 15 is 0 Å². The summed E-state index contributed by atoms with van der Waals surface area (Å²) in [6.45, 7) is 5.63. The molecule has 0 amide bonds. The van der Waals surface area contributed by atoms with Gasteiger partial charge in [-0.2, -0.15) is 0 Å². The van der Waals surface area contributed by atoms with E-state index in [9.17, 15) is 0 Å². The molecule has 0 atom stereocenters. The first-order valence-corrected chi connectivity index (χ1v) is 6.51. The van der Waals surface area contributed by atoms with E-state index in [4.69, 9.17) is 10.5 Å². The zero-order chi connectivity index (χ0) is 13.8. The van der Waals surface area contributed by atoms with Gasteiger partial charge in [0.15, 0.2) is 0 Å². The maximum absolute atomic E-state index is 5.79. The lowest BCUT2D eigenvalue weighted by Gasteiger charge is -2.17. The van der Waals surface area contributed by atoms with Crippen LogP contribution in [0.2, 0.25) is 0 Å². The lowest BCUT2D eigenvalue weighted by atomic mass is 10.3. The van der Waals surface area contributed by atoms with Gasteiger partial charge in [-0.05, 0) is 32.2 Å². The second-order valence-electron chi connectivity index (χ2n) is 4.85. The number of methoxy groups -OCH3 is 1. The van der Waals surface area contributed by atoms with Crippen LogP contribution in [0, 0.1) is 6.92 Å². The standard InChI is InChI=1S/C14H22N4O/c1-11-16-13-10-12(15)4-5-14(13)18(11)7-6-17(2)8-9-19-3/h4-5,10H,6-9,15H2,1-3H3. The van der Waals surface area contributed by atoms with E-state index in [1.165, 1.54) is 0 Å². The smallest absolute Gasteiger partial charge is 0.106 e. The predicted molar refractivity (Wildman–Crippen MR) is 78.3 cm³/mol. The predicted octanol–water partition coefficient (Wildman–Crippen LogP) is 1.51. The van der Waals surface area contributed by atoms with Crippen LogP contribution >= 0.6 is 0 Å². The van der Waals surface area contributed by atoms with Crippen molar-refractivity contribution in [2.24, 2.45) is 0 Å². The number of hydrogen-bond acceptors (Lipinski definition) is 4. The Labute approximate surface area is 114 Å². The van der Waals surface area contributed by atoms with E-state index in [0.717, 1.165) is 48.8 Å². The van der Waals surface area contributed by atoms with Crippen molar-refractivity contribution in [3.63, 3.8) is 0 Å². The lowest BCUT2D eigenvalue weighted by Crippen LogP contribution is -2.27. The quantitative estimate of drug-likeness (QED) is 0.802. The number of nitrogens with two attached hydrogens (primary N) is 1. The highest BCUT2D eigenvalue weighted by Gasteiger charge is 2.08. The molecule has 5 heteroatoms. The van der Waals surface area contributed by atoms with Crippen molar-refractivity contribution < 1.29 is 4.74 Å². The summed E-state index contributed by atoms with van der Waals surface area (Å²) in [6, 6.07) is 5.89. The maximum Gasteiger partial charge on any atom is 0.106 e. The second-order valence-corrected chi connectivity index (χ2v) is 4.85. The highest BCUT2D eigenvalue weighted by Crippen LogP contribution is 2.18. The van der Waals surface area contributed by atoms with Crippen LogP contribution in [0.1, 0.15) is 5.82 Å². The number of likely N-dealkylation sites (N-methyl/N-ethyl adjacent to an activating group) is 1. The lowest BCUT2D eigenvalue weighted by molar-refractivity contribution is 0.159. The third kappa shape index (κ3) is 3.24. The molecule has 0 radical (unpaired) electrons. The zero-order valence-corrected chi connectivity index (χ0v) is 11.9. The fraction of sp³-hybridized carbons (Fsp3) is 0.500. The van der Waals surface area contributed by atoms with Crippen LogP contribution < -0.4 is 5.73 Å². The Morgan fingerprint density at radius 2 is 2.16 bits per heavy atom. The summed E-state index contributed by atoms with van der Waals surface area (Å²) in [4.78, 5) is 6.81. The molecule has 0 saturated carbocycles. The summed E-state index contributed by atoms with van der Waals surface area (Å²) in [5.41, 5.74) is 8.66. The molecular weight excluding hydrogens is 240 g/mol. The van der Waals surface area contributed by atoms with Crippen LogP contribution in [-0.2, 0) is 11.3 Å². The largest absolute Gasteiger partial charge is 0.399 e. The SMILES string of the molecule is COCCN(C)CCn1c(C)nc2cc(N)ccc21. The number of rotatable bonds is 6. The minimum atomic E-state index is 0.759. The highest BCUT2D eigenvalue weighted by atomic mass is 16.5. The number of aryl methyl sites for hydroxylation is 1. The number of imidazole rings is 1. The molecule has 0 fully saturated rings. The number of aromatic nitrogens is 2. The van der Waals surface area contributed by atoms with Crippen molar-refractivity contribution >= 4 is 16.7 Å². The molecule has 104 valence electrons. The molecule has 1 aromatic heterocycles. The molecule has 5 nitrogen and oxygen atoms in total. The Kier molecular flexibility index (Phi) is 4.39. The van der Waals surface area contributed by atoms with E-state index in [1.807, 2.05) is 25.1 Å². The second kappa shape index (κ2) is 6.04. The first kappa shape index (κ1) is 13.8. The highest BCUT2D eigenvalue weighted by molar-refractivity contribution is 5.79. The number of fused-ring (bicyclic) bond motifs is 1. The third-order valence-corrected chi connectivity index (χ3v) is 3.35. The van der Waals surface area contributed by atoms with Crippen molar-refractivity contribution in [3.8, 4) is 0 Å². The van der Waals surface area contributed by atoms with Crippen LogP contribution in [0.4, 0.5) is 5.69 Å². The molecule has 0 bridgehead atoms. The Balaban J connectivity index is 2.10. The van der Waals surface area contributed by atoms with Crippen molar-refractivity contribution in [1.82, 2.24) is 14.5 Å². The molecule has 2 aromatic rings. The van der Waals surface area contributed by atoms with Gasteiger partial charge < -0.3 is 19.9 Å². The van der Waals surface area contributed by atoms with E-state index in [-0.39, 0.29) is 0 Å². The summed E-state index contributed by atoms with van der Waals surface area (Å²) >= 11 is 0. The summed E-state index contributed by atoms with van der Waals surface area (Å²) in [6.07, 6.45) is 0. The van der Waals surface area contributed by atoms with E-state index in [1.54, 1.807) is 7.11 Å². The molecule has 0 unspecified atom stereocenters. The first-order valence-electron chi connectivity index (χ1n) is 6.51. The summed E-state index contributed by atoms with van der Waals surface area (Å²) in [7, 11) is 3.83. The minimum absolute atomic E-state index is 0.759. The molecule has 0 aliphatic rings. The molecule has 1 aromatic carbocycles. The van der Waals surface area contributed by atoms with Gasteiger partial charge in [0.1, 0.15) is 5.82 Å². The van der Waals surface area contributed by atoms with Gasteiger partial charge in [0.05, 0.1) is 17.6 Å². The Morgan fingerprint density at radius 3 is 2.89 bits per heavy atom. The van der Waals surface area contributed by atoms with Crippen LogP contribution in [0.5, 0.6) is 0 Å². The van der Waals surface area contributed by atoms with Crippen molar-refractivity contribution in [3.05, 3.63) is 24.0 Å². The van der Waals surface area contributed by atoms with Gasteiger partial charge in [0, 0.05) is 32.4 Å². The monoisotopic (exact) mass is 262 g/mol. The number of anilines is 1.